The third-order valence-corrected chi connectivity index (χ3v) is 7.39. The zero-order valence-corrected chi connectivity index (χ0v) is 20.7. The normalized spacial score (nSPS) is 24.8. The van der Waals surface area contributed by atoms with Crippen molar-refractivity contribution < 1.29 is 4.79 Å². The Balaban J connectivity index is 1.89. The molecule has 1 aliphatic carbocycles. The first-order chi connectivity index (χ1) is 16.8. The highest BCUT2D eigenvalue weighted by atomic mass is 16.2. The molecule has 4 rings (SSSR count). The van der Waals surface area contributed by atoms with E-state index < -0.39 is 11.1 Å². The van der Waals surface area contributed by atoms with Gasteiger partial charge in [-0.2, -0.15) is 10.5 Å². The molecule has 0 aromatic heterocycles. The number of nitrogens with zero attached hydrogens (tertiary/aromatic N) is 2. The summed E-state index contributed by atoms with van der Waals surface area (Å²) in [4.78, 5) is 14.2. The molecule has 0 bridgehead atoms. The maximum absolute atomic E-state index is 14.2. The van der Waals surface area contributed by atoms with Crippen LogP contribution in [-0.4, -0.2) is 11.9 Å². The Morgan fingerprint density at radius 2 is 1.37 bits per heavy atom. The molecular formula is C29H33N5O. The van der Waals surface area contributed by atoms with Crippen LogP contribution in [0.5, 0.6) is 0 Å². The summed E-state index contributed by atoms with van der Waals surface area (Å²) in [7, 11) is 0. The Labute approximate surface area is 208 Å². The van der Waals surface area contributed by atoms with Crippen molar-refractivity contribution in [3.63, 3.8) is 0 Å². The van der Waals surface area contributed by atoms with Crippen molar-refractivity contribution in [2.75, 3.05) is 0 Å². The summed E-state index contributed by atoms with van der Waals surface area (Å²) < 4.78 is 0. The van der Waals surface area contributed by atoms with Gasteiger partial charge in [-0.1, -0.05) is 78.9 Å². The molecule has 35 heavy (non-hydrogen) atoms. The number of hydrogen-bond acceptors (Lipinski definition) is 5. The number of rotatable bonds is 4. The molecule has 3 N–H and O–H groups in total. The molecule has 0 spiro atoms. The first kappa shape index (κ1) is 24.4. The summed E-state index contributed by atoms with van der Waals surface area (Å²) in [6, 6.07) is 20.4. The van der Waals surface area contributed by atoms with Crippen molar-refractivity contribution in [2.24, 2.45) is 0 Å². The average Bonchev–Trinajstić information content (AvgIpc) is 3.00. The van der Waals surface area contributed by atoms with Gasteiger partial charge in [0.25, 0.3) is 5.91 Å². The van der Waals surface area contributed by atoms with Gasteiger partial charge < -0.3 is 16.0 Å². The number of nitrogens with one attached hydrogen (secondary N) is 3. The molecule has 1 saturated carbocycles. The highest BCUT2D eigenvalue weighted by molar-refractivity contribution is 5.89. The minimum absolute atomic E-state index is 0.0719. The van der Waals surface area contributed by atoms with Gasteiger partial charge in [0.05, 0.1) is 5.54 Å². The monoisotopic (exact) mass is 467 g/mol. The second kappa shape index (κ2) is 9.84. The van der Waals surface area contributed by atoms with E-state index in [2.05, 4.69) is 28.1 Å². The molecule has 0 saturated heterocycles. The lowest BCUT2D eigenvalue weighted by Gasteiger charge is -2.41. The van der Waals surface area contributed by atoms with E-state index in [9.17, 15) is 15.3 Å². The van der Waals surface area contributed by atoms with Crippen LogP contribution in [0, 0.1) is 36.5 Å². The fraction of sp³-hybridized carbons (Fsp3) is 0.414. The third-order valence-electron chi connectivity index (χ3n) is 7.39. The van der Waals surface area contributed by atoms with Crippen LogP contribution in [-0.2, 0) is 15.9 Å². The van der Waals surface area contributed by atoms with Gasteiger partial charge in [0.2, 0.25) is 0 Å². The van der Waals surface area contributed by atoms with Gasteiger partial charge >= 0.3 is 0 Å². The van der Waals surface area contributed by atoms with E-state index in [4.69, 9.17) is 0 Å². The first-order valence-electron chi connectivity index (χ1n) is 12.4. The van der Waals surface area contributed by atoms with E-state index in [0.717, 1.165) is 47.9 Å². The van der Waals surface area contributed by atoms with Gasteiger partial charge in [0, 0.05) is 12.5 Å². The fourth-order valence-corrected chi connectivity index (χ4v) is 5.33. The van der Waals surface area contributed by atoms with Crippen molar-refractivity contribution >= 4 is 5.91 Å². The third kappa shape index (κ3) is 4.88. The van der Waals surface area contributed by atoms with Gasteiger partial charge in [-0.25, -0.2) is 0 Å². The van der Waals surface area contributed by atoms with Crippen molar-refractivity contribution in [3.05, 3.63) is 82.2 Å². The van der Waals surface area contributed by atoms with Crippen molar-refractivity contribution in [1.82, 2.24) is 16.0 Å². The Bertz CT molecular complexity index is 1200. The number of carbonyl (C=O) groups excluding carboxylic acids is 1. The van der Waals surface area contributed by atoms with Gasteiger partial charge in [-0.3, -0.25) is 4.79 Å². The molecule has 2 aromatic carbocycles. The largest absolute Gasteiger partial charge is 0.365 e. The smallest absolute Gasteiger partial charge is 0.250 e. The number of allylic oxidation sites excluding steroid dienone is 2. The van der Waals surface area contributed by atoms with Crippen molar-refractivity contribution in [2.45, 2.75) is 76.4 Å². The quantitative estimate of drug-likeness (QED) is 0.605. The zero-order chi connectivity index (χ0) is 25.1. The van der Waals surface area contributed by atoms with Gasteiger partial charge in [0.1, 0.15) is 29.1 Å². The first-order valence-corrected chi connectivity index (χ1v) is 12.4. The van der Waals surface area contributed by atoms with E-state index in [1.807, 2.05) is 69.3 Å². The predicted octanol–water partition coefficient (Wildman–Crippen LogP) is 4.70. The molecule has 1 fully saturated rings. The number of amides is 1. The summed E-state index contributed by atoms with van der Waals surface area (Å²) in [5.74, 6) is -0.166. The number of carbonyl (C=O) groups is 1. The predicted molar refractivity (Wildman–Crippen MR) is 136 cm³/mol. The number of hydrogen-bond donors (Lipinski definition) is 3. The Kier molecular flexibility index (Phi) is 6.85. The molecule has 2 aromatic rings. The SMILES string of the molecule is Cc1ccc(C2(C)CC(C(=O)NC3CCCCC3)(c3ccc(C)cc3)NC(C#N)=C(C#N)N2)cc1. The Morgan fingerprint density at radius 1 is 0.857 bits per heavy atom. The van der Waals surface area contributed by atoms with Crippen LogP contribution >= 0.6 is 0 Å². The standard InChI is InChI=1S/C29H33N5O/c1-20-9-13-22(14-10-20)28(3)19-29(23-15-11-21(2)12-16-23,34-26(18-31)25(17-30)33-28)27(35)32-24-7-5-4-6-8-24/h9-16,24,33-34H,4-8,19H2,1-3H3,(H,32,35). The van der Waals surface area contributed by atoms with Crippen molar-refractivity contribution in [1.29, 1.82) is 10.5 Å². The molecule has 6 heteroatoms. The second-order valence-corrected chi connectivity index (χ2v) is 10.2. The summed E-state index contributed by atoms with van der Waals surface area (Å²) in [5.41, 5.74) is 2.08. The summed E-state index contributed by atoms with van der Waals surface area (Å²) in [6.45, 7) is 6.02. The maximum Gasteiger partial charge on any atom is 0.250 e. The number of aryl methyl sites for hydroxylation is 2. The van der Waals surface area contributed by atoms with Crippen LogP contribution in [0.4, 0.5) is 0 Å². The summed E-state index contributed by atoms with van der Waals surface area (Å²) >= 11 is 0. The highest BCUT2D eigenvalue weighted by Crippen LogP contribution is 2.41. The van der Waals surface area contributed by atoms with Crippen molar-refractivity contribution in [3.8, 4) is 12.1 Å². The van der Waals surface area contributed by atoms with Crippen LogP contribution in [0.2, 0.25) is 0 Å². The van der Waals surface area contributed by atoms with Crippen LogP contribution in [0.3, 0.4) is 0 Å². The Morgan fingerprint density at radius 3 is 1.91 bits per heavy atom. The van der Waals surface area contributed by atoms with E-state index in [0.29, 0.717) is 6.42 Å². The molecule has 2 aliphatic rings. The van der Waals surface area contributed by atoms with Crippen LogP contribution in [0.15, 0.2) is 59.9 Å². The van der Waals surface area contributed by atoms with Crippen LogP contribution in [0.1, 0.15) is 67.7 Å². The molecule has 1 amide bonds. The lowest BCUT2D eigenvalue weighted by atomic mass is 9.74. The van der Waals surface area contributed by atoms with Gasteiger partial charge in [-0.05, 0) is 44.7 Å². The molecule has 6 nitrogen and oxygen atoms in total. The van der Waals surface area contributed by atoms with E-state index in [1.165, 1.54) is 6.42 Å². The molecule has 2 unspecified atom stereocenters. The number of benzene rings is 2. The molecule has 2 atom stereocenters. The molecule has 1 aliphatic heterocycles. The maximum atomic E-state index is 14.2. The topological polar surface area (TPSA) is 101 Å². The lowest BCUT2D eigenvalue weighted by Crippen LogP contribution is -2.58. The average molecular weight is 468 g/mol. The lowest BCUT2D eigenvalue weighted by molar-refractivity contribution is -0.129. The number of nitriles is 2. The molecule has 180 valence electrons. The minimum atomic E-state index is -1.25. The summed E-state index contributed by atoms with van der Waals surface area (Å²) in [6.07, 6.45) is 5.60. The van der Waals surface area contributed by atoms with E-state index in [-0.39, 0.29) is 23.3 Å². The van der Waals surface area contributed by atoms with Gasteiger partial charge in [0.15, 0.2) is 0 Å². The highest BCUT2D eigenvalue weighted by Gasteiger charge is 2.50. The molecular weight excluding hydrogens is 434 g/mol. The van der Waals surface area contributed by atoms with Gasteiger partial charge in [-0.15, -0.1) is 0 Å². The molecule has 0 radical (unpaired) electrons. The van der Waals surface area contributed by atoms with Crippen LogP contribution in [0.25, 0.3) is 0 Å². The minimum Gasteiger partial charge on any atom is -0.365 e. The Hall–Kier alpha value is -3.77. The zero-order valence-electron chi connectivity index (χ0n) is 20.7. The van der Waals surface area contributed by atoms with E-state index in [1.54, 1.807) is 0 Å². The van der Waals surface area contributed by atoms with E-state index >= 15 is 0 Å². The summed E-state index contributed by atoms with van der Waals surface area (Å²) in [5, 5.41) is 29.9. The second-order valence-electron chi connectivity index (χ2n) is 10.2. The fourth-order valence-electron chi connectivity index (χ4n) is 5.33. The van der Waals surface area contributed by atoms with Crippen LogP contribution < -0.4 is 16.0 Å². The molecule has 1 heterocycles.